The number of hydrogen-bond donors (Lipinski definition) is 2. The van der Waals surface area contributed by atoms with Gasteiger partial charge in [0, 0.05) is 96.7 Å². The van der Waals surface area contributed by atoms with E-state index >= 15 is 0 Å². The summed E-state index contributed by atoms with van der Waals surface area (Å²) in [7, 11) is 9.88. The summed E-state index contributed by atoms with van der Waals surface area (Å²) in [5.41, 5.74) is 18.1. The van der Waals surface area contributed by atoms with E-state index in [1.165, 1.54) is 0 Å². The van der Waals surface area contributed by atoms with Gasteiger partial charge in [-0.15, -0.1) is 0 Å². The van der Waals surface area contributed by atoms with Gasteiger partial charge in [-0.05, 0) is 80.3 Å². The van der Waals surface area contributed by atoms with Crippen molar-refractivity contribution in [1.82, 2.24) is 9.80 Å². The molecule has 300 valence electrons. The Hall–Kier alpha value is -4.62. The number of aromatic nitrogens is 1. The number of likely N-dealkylation sites (N-methyl/N-ethyl adjacent to an activating group) is 2. The molecule has 0 bridgehead atoms. The topological polar surface area (TPSA) is 115 Å². The van der Waals surface area contributed by atoms with Gasteiger partial charge in [0.2, 0.25) is 17.5 Å². The van der Waals surface area contributed by atoms with E-state index in [-0.39, 0.29) is 11.8 Å². The summed E-state index contributed by atoms with van der Waals surface area (Å²) in [6.45, 7) is 8.53. The number of nitrogens with zero attached hydrogens (tertiary/aromatic N) is 6. The number of nitrogens with two attached hydrogens (primary N) is 2. The van der Waals surface area contributed by atoms with Crippen molar-refractivity contribution in [3.63, 3.8) is 0 Å². The molecule has 2 aromatic carbocycles. The third-order valence-electron chi connectivity index (χ3n) is 9.01. The van der Waals surface area contributed by atoms with Crippen molar-refractivity contribution in [2.75, 3.05) is 70.7 Å². The normalized spacial score (nSPS) is 13.0. The van der Waals surface area contributed by atoms with E-state index in [1.54, 1.807) is 30.1 Å². The second kappa shape index (κ2) is 25.5. The van der Waals surface area contributed by atoms with E-state index in [9.17, 15) is 9.59 Å². The molecule has 10 nitrogen and oxygen atoms in total. The van der Waals surface area contributed by atoms with Gasteiger partial charge in [-0.25, -0.2) is 0 Å². The average molecular weight is 798 g/mol. The van der Waals surface area contributed by atoms with Crippen LogP contribution in [0.15, 0.2) is 108 Å². The van der Waals surface area contributed by atoms with Crippen LogP contribution in [0.5, 0.6) is 0 Å². The predicted octanol–water partition coefficient (Wildman–Crippen LogP) is 6.60. The molecule has 2 unspecified atom stereocenters. The van der Waals surface area contributed by atoms with Crippen molar-refractivity contribution in [3.05, 3.63) is 120 Å². The Labute approximate surface area is 343 Å². The number of amides is 2. The minimum absolute atomic E-state index is 0.192. The molecule has 1 heterocycles. The van der Waals surface area contributed by atoms with Crippen molar-refractivity contribution in [2.45, 2.75) is 44.0 Å². The first-order valence-electron chi connectivity index (χ1n) is 19.2. The van der Waals surface area contributed by atoms with E-state index < -0.39 is 10.7 Å². The van der Waals surface area contributed by atoms with Crippen molar-refractivity contribution >= 4 is 69.2 Å². The number of aryl methyl sites for hydroxylation is 1. The summed E-state index contributed by atoms with van der Waals surface area (Å²) in [6, 6.07) is 23.0. The zero-order valence-electron chi connectivity index (χ0n) is 33.9. The largest absolute Gasteiger partial charge is 0.375 e. The highest BCUT2D eigenvalue weighted by atomic mass is 33.1. The molecule has 12 heteroatoms. The maximum absolute atomic E-state index is 13.0. The first kappa shape index (κ1) is 45.8. The number of anilines is 2. The maximum atomic E-state index is 13.0. The molecule has 0 aliphatic heterocycles. The molecule has 3 aromatic rings. The molecular weight excluding hydrogens is 737 g/mol. The van der Waals surface area contributed by atoms with E-state index in [0.717, 1.165) is 88.8 Å². The number of aliphatic imine (C=N–C) groups is 1. The molecule has 0 aliphatic carbocycles. The Morgan fingerprint density at radius 3 is 1.68 bits per heavy atom. The summed E-state index contributed by atoms with van der Waals surface area (Å²) in [4.78, 5) is 37.7. The molecule has 2 atom stereocenters. The smallest absolute Gasteiger partial charge is 0.250 e. The van der Waals surface area contributed by atoms with Gasteiger partial charge in [-0.1, -0.05) is 76.2 Å². The minimum Gasteiger partial charge on any atom is -0.375 e. The highest BCUT2D eigenvalue weighted by Crippen LogP contribution is 2.28. The first-order valence-corrected chi connectivity index (χ1v) is 21.4. The predicted molar refractivity (Wildman–Crippen MR) is 243 cm³/mol. The molecular formula is C44H61N8O2S2+. The fourth-order valence-electron chi connectivity index (χ4n) is 5.57. The van der Waals surface area contributed by atoms with Gasteiger partial charge in [0.05, 0.1) is 0 Å². The van der Waals surface area contributed by atoms with Crippen LogP contribution in [0.4, 0.5) is 11.4 Å². The highest BCUT2D eigenvalue weighted by Gasteiger charge is 2.24. The van der Waals surface area contributed by atoms with Gasteiger partial charge in [-0.3, -0.25) is 14.6 Å². The zero-order valence-corrected chi connectivity index (χ0v) is 35.5. The number of carbonyl (C=O) groups is 2. The van der Waals surface area contributed by atoms with Crippen molar-refractivity contribution in [2.24, 2.45) is 16.5 Å². The average Bonchev–Trinajstić information content (AvgIpc) is 3.22. The lowest BCUT2D eigenvalue weighted by molar-refractivity contribution is -0.695. The number of carbonyl (C=O) groups excluding carboxylic acids is 2. The van der Waals surface area contributed by atoms with Gasteiger partial charge >= 0.3 is 0 Å². The summed E-state index contributed by atoms with van der Waals surface area (Å²) < 4.78 is 2.20. The van der Waals surface area contributed by atoms with E-state index in [2.05, 4.69) is 112 Å². The van der Waals surface area contributed by atoms with Gasteiger partial charge < -0.3 is 31.1 Å². The summed E-state index contributed by atoms with van der Waals surface area (Å²) >= 11 is 0. The van der Waals surface area contributed by atoms with Crippen LogP contribution in [0.3, 0.4) is 0 Å². The molecule has 0 spiro atoms. The Morgan fingerprint density at radius 2 is 1.16 bits per heavy atom. The van der Waals surface area contributed by atoms with Gasteiger partial charge in [0.1, 0.15) is 17.3 Å². The van der Waals surface area contributed by atoms with Crippen LogP contribution < -0.4 is 25.8 Å². The molecule has 2 amide bonds. The fourth-order valence-corrected chi connectivity index (χ4v) is 7.55. The molecule has 0 radical (unpaired) electrons. The number of benzene rings is 2. The van der Waals surface area contributed by atoms with Crippen molar-refractivity contribution in [3.8, 4) is 0 Å². The number of pyridine rings is 1. The Balaban J connectivity index is 1.32. The SMILES string of the molecule is CCN=C\C=C/C=C/C=C/c1ccc(N(C)CCCN(C)C(=O)C(N)SSC(N)C(=O)N(C)CCCN(C)c2ccc(/C=C/c3cccc[n+]3CC)cc2)cc1. The van der Waals surface area contributed by atoms with Gasteiger partial charge in [-0.2, -0.15) is 4.57 Å². The zero-order chi connectivity index (χ0) is 40.7. The third-order valence-corrected chi connectivity index (χ3v) is 11.5. The van der Waals surface area contributed by atoms with Crippen LogP contribution in [0.2, 0.25) is 0 Å². The van der Waals surface area contributed by atoms with Crippen LogP contribution in [0.1, 0.15) is 43.5 Å². The lowest BCUT2D eigenvalue weighted by Crippen LogP contribution is -2.42. The standard InChI is InChI=1S/C44H61N8O2S2/c1-7-47-30-14-11-9-10-12-18-36-20-25-38(26-21-36)48(3)31-16-33-50(5)43(53)41(45)55-56-42(46)44(54)51(6)34-17-32-49(4)39-27-22-37(23-28-39)24-29-40-19-13-15-35-52(40)8-2/h9-15,18-30,35,41-42H,7-8,16-17,31-34,45-46H2,1-6H3/q+1/b10-9+,14-11-,18-12+,47-30?. The summed E-state index contributed by atoms with van der Waals surface area (Å²) in [5, 5.41) is -1.65. The molecule has 0 saturated heterocycles. The van der Waals surface area contributed by atoms with E-state index in [4.69, 9.17) is 11.5 Å². The van der Waals surface area contributed by atoms with Crippen LogP contribution in [-0.2, 0) is 16.1 Å². The van der Waals surface area contributed by atoms with Crippen molar-refractivity contribution < 1.29 is 14.2 Å². The molecule has 4 N–H and O–H groups in total. The summed E-state index contributed by atoms with van der Waals surface area (Å²) in [6.07, 6.45) is 21.6. The molecule has 1 aromatic heterocycles. The summed E-state index contributed by atoms with van der Waals surface area (Å²) in [5.74, 6) is -0.386. The Morgan fingerprint density at radius 1 is 0.661 bits per heavy atom. The highest BCUT2D eigenvalue weighted by molar-refractivity contribution is 8.77. The number of allylic oxidation sites excluding steroid dienone is 5. The Kier molecular flexibility index (Phi) is 20.9. The second-order valence-corrected chi connectivity index (χ2v) is 15.9. The van der Waals surface area contributed by atoms with Gasteiger partial charge in [0.15, 0.2) is 6.20 Å². The number of hydrogen-bond acceptors (Lipinski definition) is 9. The quantitative estimate of drug-likeness (QED) is 0.0363. The van der Waals surface area contributed by atoms with Crippen LogP contribution in [0, 0.1) is 0 Å². The number of rotatable bonds is 23. The maximum Gasteiger partial charge on any atom is 0.250 e. The monoisotopic (exact) mass is 797 g/mol. The molecule has 56 heavy (non-hydrogen) atoms. The molecule has 0 aliphatic rings. The van der Waals surface area contributed by atoms with Crippen LogP contribution in [-0.4, -0.2) is 99.5 Å². The second-order valence-electron chi connectivity index (χ2n) is 13.3. The lowest BCUT2D eigenvalue weighted by atomic mass is 10.1. The van der Waals surface area contributed by atoms with Crippen LogP contribution in [0.25, 0.3) is 18.2 Å². The lowest BCUT2D eigenvalue weighted by Gasteiger charge is -2.25. The van der Waals surface area contributed by atoms with Crippen molar-refractivity contribution in [1.29, 1.82) is 0 Å². The minimum atomic E-state index is -0.824. The van der Waals surface area contributed by atoms with Gasteiger partial charge in [0.25, 0.3) is 0 Å². The van der Waals surface area contributed by atoms with Crippen LogP contribution >= 0.6 is 21.6 Å². The molecule has 3 rings (SSSR count). The Bertz CT molecular complexity index is 1780. The molecule has 0 fully saturated rings. The first-order chi connectivity index (χ1) is 27.0. The van der Waals surface area contributed by atoms with E-state index in [1.807, 2.05) is 56.5 Å². The fraction of sp³-hybridized carbons (Fsp3) is 0.364. The van der Waals surface area contributed by atoms with E-state index in [0.29, 0.717) is 13.1 Å². The third kappa shape index (κ3) is 16.2. The molecule has 0 saturated carbocycles.